The molecule has 0 saturated carbocycles. The van der Waals surface area contributed by atoms with Crippen molar-refractivity contribution in [2.24, 2.45) is 0 Å². The Labute approximate surface area is 233 Å². The van der Waals surface area contributed by atoms with Crippen molar-refractivity contribution in [2.75, 3.05) is 17.9 Å². The van der Waals surface area contributed by atoms with Gasteiger partial charge in [-0.05, 0) is 61.9 Å². The molecule has 0 aliphatic rings. The highest BCUT2D eigenvalue weighted by Crippen LogP contribution is 2.33. The van der Waals surface area contributed by atoms with Crippen molar-refractivity contribution in [3.63, 3.8) is 0 Å². The average molecular weight is 626 g/mol. The van der Waals surface area contributed by atoms with Crippen LogP contribution in [-0.2, 0) is 32.3 Å². The highest BCUT2D eigenvalue weighted by Gasteiger charge is 2.35. The number of rotatable bonds is 9. The number of nitrogens with zero attached hydrogens (tertiary/aromatic N) is 2. The number of carbonyl (C=O) groups is 2. The van der Waals surface area contributed by atoms with Crippen molar-refractivity contribution in [3.05, 3.63) is 94.0 Å². The fraction of sp³-hybridized carbons (Fsp3) is 0.259. The number of hydrogen-bond donors (Lipinski definition) is 1. The van der Waals surface area contributed by atoms with E-state index < -0.39 is 46.2 Å². The minimum absolute atomic E-state index is 0.0400. The van der Waals surface area contributed by atoms with Crippen molar-refractivity contribution in [1.29, 1.82) is 0 Å². The van der Waals surface area contributed by atoms with Crippen LogP contribution in [0.2, 0.25) is 0 Å². The van der Waals surface area contributed by atoms with Gasteiger partial charge in [0.1, 0.15) is 12.6 Å². The van der Waals surface area contributed by atoms with Crippen LogP contribution in [0.1, 0.15) is 23.6 Å². The molecule has 3 aromatic rings. The van der Waals surface area contributed by atoms with Gasteiger partial charge in [-0.1, -0.05) is 51.8 Å². The lowest BCUT2D eigenvalue weighted by Gasteiger charge is -2.32. The molecule has 0 bridgehead atoms. The van der Waals surface area contributed by atoms with E-state index in [9.17, 15) is 31.2 Å². The SMILES string of the molecule is CNC(=O)C(C)N(Cc1ccc(Br)cc1)C(=O)CN(c1cccc(C(F)(F)F)c1)S(=O)(=O)c1ccc(C)cc1. The Morgan fingerprint density at radius 1 is 1.00 bits per heavy atom. The Hall–Kier alpha value is -3.38. The van der Waals surface area contributed by atoms with Crippen LogP contribution >= 0.6 is 15.9 Å². The highest BCUT2D eigenvalue weighted by atomic mass is 79.9. The zero-order valence-electron chi connectivity index (χ0n) is 21.4. The number of amides is 2. The van der Waals surface area contributed by atoms with E-state index in [0.717, 1.165) is 22.2 Å². The molecule has 0 fully saturated rings. The molecule has 0 aliphatic carbocycles. The first-order valence-corrected chi connectivity index (χ1v) is 14.0. The molecule has 3 aromatic carbocycles. The molecule has 0 heterocycles. The van der Waals surface area contributed by atoms with E-state index in [4.69, 9.17) is 0 Å². The summed E-state index contributed by atoms with van der Waals surface area (Å²) < 4.78 is 69.3. The molecule has 0 aliphatic heterocycles. The molecule has 0 spiro atoms. The zero-order chi connectivity index (χ0) is 29.0. The lowest BCUT2D eigenvalue weighted by molar-refractivity contribution is -0.139. The van der Waals surface area contributed by atoms with Crippen LogP contribution in [0.3, 0.4) is 0 Å². The van der Waals surface area contributed by atoms with Crippen molar-refractivity contribution in [3.8, 4) is 0 Å². The third-order valence-electron chi connectivity index (χ3n) is 6.03. The third kappa shape index (κ3) is 7.39. The maximum Gasteiger partial charge on any atom is 0.416 e. The summed E-state index contributed by atoms with van der Waals surface area (Å²) in [5.41, 5.74) is 0.0296. The molecule has 2 amide bonds. The Morgan fingerprint density at radius 2 is 1.62 bits per heavy atom. The Kier molecular flexibility index (Phi) is 9.44. The van der Waals surface area contributed by atoms with E-state index in [1.807, 2.05) is 0 Å². The number of likely N-dealkylation sites (N-methyl/N-ethyl adjacent to an activating group) is 1. The Bertz CT molecular complexity index is 1430. The third-order valence-corrected chi connectivity index (χ3v) is 8.35. The number of aryl methyl sites for hydroxylation is 1. The number of carbonyl (C=O) groups excluding carboxylic acids is 2. The van der Waals surface area contributed by atoms with E-state index >= 15 is 0 Å². The van der Waals surface area contributed by atoms with Crippen LogP contribution in [0, 0.1) is 6.92 Å². The summed E-state index contributed by atoms with van der Waals surface area (Å²) in [4.78, 5) is 27.2. The van der Waals surface area contributed by atoms with E-state index in [-0.39, 0.29) is 17.1 Å². The number of halogens is 4. The van der Waals surface area contributed by atoms with Gasteiger partial charge in [0, 0.05) is 18.1 Å². The van der Waals surface area contributed by atoms with Gasteiger partial charge < -0.3 is 10.2 Å². The molecule has 1 atom stereocenters. The Morgan fingerprint density at radius 3 is 2.18 bits per heavy atom. The first kappa shape index (κ1) is 30.2. The summed E-state index contributed by atoms with van der Waals surface area (Å²) in [7, 11) is -3.08. The minimum atomic E-state index is -4.74. The number of sulfonamides is 1. The lowest BCUT2D eigenvalue weighted by atomic mass is 10.1. The predicted octanol–water partition coefficient (Wildman–Crippen LogP) is 5.13. The number of anilines is 1. The summed E-state index contributed by atoms with van der Waals surface area (Å²) >= 11 is 3.33. The number of benzene rings is 3. The largest absolute Gasteiger partial charge is 0.416 e. The van der Waals surface area contributed by atoms with E-state index in [1.165, 1.54) is 37.1 Å². The smallest absolute Gasteiger partial charge is 0.357 e. The molecule has 39 heavy (non-hydrogen) atoms. The molecular formula is C27H27BrF3N3O4S. The lowest BCUT2D eigenvalue weighted by Crippen LogP contribution is -2.50. The quantitative estimate of drug-likeness (QED) is 0.357. The van der Waals surface area contributed by atoms with Gasteiger partial charge in [-0.3, -0.25) is 13.9 Å². The molecular weight excluding hydrogens is 599 g/mol. The van der Waals surface area contributed by atoms with Crippen molar-refractivity contribution >= 4 is 43.5 Å². The topological polar surface area (TPSA) is 86.8 Å². The molecule has 0 aromatic heterocycles. The molecule has 1 N–H and O–H groups in total. The van der Waals surface area contributed by atoms with Crippen LogP contribution in [-0.4, -0.2) is 44.8 Å². The van der Waals surface area contributed by atoms with Crippen molar-refractivity contribution < 1.29 is 31.2 Å². The molecule has 208 valence electrons. The molecule has 12 heteroatoms. The monoisotopic (exact) mass is 625 g/mol. The zero-order valence-corrected chi connectivity index (χ0v) is 23.8. The minimum Gasteiger partial charge on any atom is -0.357 e. The number of nitrogens with one attached hydrogen (secondary N) is 1. The first-order valence-electron chi connectivity index (χ1n) is 11.8. The summed E-state index contributed by atoms with van der Waals surface area (Å²) in [5, 5.41) is 2.47. The van der Waals surface area contributed by atoms with E-state index in [1.54, 1.807) is 43.3 Å². The predicted molar refractivity (Wildman–Crippen MR) is 145 cm³/mol. The van der Waals surface area contributed by atoms with Crippen molar-refractivity contribution in [2.45, 2.75) is 37.5 Å². The molecule has 7 nitrogen and oxygen atoms in total. The van der Waals surface area contributed by atoms with Gasteiger partial charge in [-0.15, -0.1) is 0 Å². The van der Waals surface area contributed by atoms with E-state index in [0.29, 0.717) is 15.9 Å². The van der Waals surface area contributed by atoms with Gasteiger partial charge in [-0.2, -0.15) is 13.2 Å². The first-order chi connectivity index (χ1) is 18.2. The maximum absolute atomic E-state index is 13.7. The van der Waals surface area contributed by atoms with Gasteiger partial charge >= 0.3 is 6.18 Å². The standard InChI is InChI=1S/C27H27BrF3N3O4S/c1-18-7-13-24(14-8-18)39(37,38)34(23-6-4-5-21(15-23)27(29,30)31)17-25(35)33(19(2)26(36)32-3)16-20-9-11-22(28)12-10-20/h4-15,19H,16-17H2,1-3H3,(H,32,36). The Balaban J connectivity index is 2.09. The molecule has 1 unspecified atom stereocenters. The summed E-state index contributed by atoms with van der Waals surface area (Å²) in [6.07, 6.45) is -4.74. The van der Waals surface area contributed by atoms with Crippen molar-refractivity contribution in [1.82, 2.24) is 10.2 Å². The van der Waals surface area contributed by atoms with Gasteiger partial charge in [-0.25, -0.2) is 8.42 Å². The normalized spacial score (nSPS) is 12.5. The van der Waals surface area contributed by atoms with Crippen LogP contribution in [0.5, 0.6) is 0 Å². The van der Waals surface area contributed by atoms with Crippen LogP contribution in [0.4, 0.5) is 18.9 Å². The second-order valence-electron chi connectivity index (χ2n) is 8.81. The van der Waals surface area contributed by atoms with Crippen LogP contribution in [0.25, 0.3) is 0 Å². The van der Waals surface area contributed by atoms with Crippen LogP contribution in [0.15, 0.2) is 82.2 Å². The fourth-order valence-electron chi connectivity index (χ4n) is 3.78. The second kappa shape index (κ2) is 12.2. The summed E-state index contributed by atoms with van der Waals surface area (Å²) in [6, 6.07) is 15.5. The molecule has 0 radical (unpaired) electrons. The van der Waals surface area contributed by atoms with Gasteiger partial charge in [0.15, 0.2) is 0 Å². The summed E-state index contributed by atoms with van der Waals surface area (Å²) in [6.45, 7) is 2.36. The summed E-state index contributed by atoms with van der Waals surface area (Å²) in [5.74, 6) is -1.27. The van der Waals surface area contributed by atoms with Gasteiger partial charge in [0.2, 0.25) is 11.8 Å². The van der Waals surface area contributed by atoms with Gasteiger partial charge in [0.05, 0.1) is 16.1 Å². The second-order valence-corrected chi connectivity index (χ2v) is 11.6. The van der Waals surface area contributed by atoms with E-state index in [2.05, 4.69) is 21.2 Å². The van der Waals surface area contributed by atoms with Crippen LogP contribution < -0.4 is 9.62 Å². The number of hydrogen-bond acceptors (Lipinski definition) is 4. The molecule has 0 saturated heterocycles. The van der Waals surface area contributed by atoms with Gasteiger partial charge in [0.25, 0.3) is 10.0 Å². The highest BCUT2D eigenvalue weighted by molar-refractivity contribution is 9.10. The fourth-order valence-corrected chi connectivity index (χ4v) is 5.45. The average Bonchev–Trinajstić information content (AvgIpc) is 2.90. The maximum atomic E-state index is 13.7. The number of alkyl halides is 3. The molecule has 3 rings (SSSR count).